The average molecular weight is 226 g/mol. The normalized spacial score (nSPS) is 11.8. The highest BCUT2D eigenvalue weighted by molar-refractivity contribution is 5.54. The maximum absolute atomic E-state index is 11.1. The van der Waals surface area contributed by atoms with E-state index in [2.05, 4.69) is 10.5 Å². The van der Waals surface area contributed by atoms with E-state index in [1.165, 1.54) is 0 Å². The summed E-state index contributed by atoms with van der Waals surface area (Å²) in [5.41, 5.74) is 2.74. The van der Waals surface area contributed by atoms with Crippen LogP contribution >= 0.6 is 0 Å². The van der Waals surface area contributed by atoms with E-state index in [1.54, 1.807) is 0 Å². The van der Waals surface area contributed by atoms with Crippen molar-refractivity contribution in [2.75, 3.05) is 12.4 Å². The van der Waals surface area contributed by atoms with Crippen LogP contribution < -0.4 is 5.32 Å². The van der Waals surface area contributed by atoms with E-state index in [1.807, 2.05) is 61.6 Å². The Labute approximate surface area is 100 Å². The van der Waals surface area contributed by atoms with Crippen molar-refractivity contribution in [3.05, 3.63) is 70.6 Å². The molecule has 0 amide bonds. The molecule has 0 saturated heterocycles. The van der Waals surface area contributed by atoms with E-state index in [4.69, 9.17) is 0 Å². The molecular formula is C14H14N2O. The van der Waals surface area contributed by atoms with Gasteiger partial charge in [-0.3, -0.25) is 0 Å². The number of hydrogen-bond donors (Lipinski definition) is 1. The van der Waals surface area contributed by atoms with Crippen molar-refractivity contribution in [3.8, 4) is 0 Å². The second-order valence-electron chi connectivity index (χ2n) is 3.76. The largest absolute Gasteiger partial charge is 0.388 e. The summed E-state index contributed by atoms with van der Waals surface area (Å²) in [7, 11) is 1.84. The van der Waals surface area contributed by atoms with Crippen molar-refractivity contribution in [1.82, 2.24) is 0 Å². The Hall–Kier alpha value is -2.16. The van der Waals surface area contributed by atoms with E-state index in [0.717, 1.165) is 16.8 Å². The molecule has 1 N–H and O–H groups in total. The van der Waals surface area contributed by atoms with Crippen LogP contribution in [0.3, 0.4) is 0 Å². The van der Waals surface area contributed by atoms with Gasteiger partial charge in [0.05, 0.1) is 0 Å². The first-order chi connectivity index (χ1) is 8.36. The molecule has 0 radical (unpaired) electrons. The predicted molar refractivity (Wildman–Crippen MR) is 70.1 cm³/mol. The fourth-order valence-corrected chi connectivity index (χ4v) is 1.90. The monoisotopic (exact) mass is 226 g/mol. The van der Waals surface area contributed by atoms with Crippen LogP contribution in [0, 0.1) is 4.91 Å². The van der Waals surface area contributed by atoms with Crippen molar-refractivity contribution < 1.29 is 0 Å². The third kappa shape index (κ3) is 2.33. The third-order valence-corrected chi connectivity index (χ3v) is 2.75. The van der Waals surface area contributed by atoms with Gasteiger partial charge in [-0.05, 0) is 11.6 Å². The molecule has 1 unspecified atom stereocenters. The fraction of sp³-hybridized carbons (Fsp3) is 0.143. The van der Waals surface area contributed by atoms with Crippen molar-refractivity contribution in [1.29, 1.82) is 0 Å². The lowest BCUT2D eigenvalue weighted by Gasteiger charge is -2.14. The van der Waals surface area contributed by atoms with Gasteiger partial charge in [0.15, 0.2) is 0 Å². The molecule has 17 heavy (non-hydrogen) atoms. The van der Waals surface area contributed by atoms with Gasteiger partial charge in [-0.25, -0.2) is 0 Å². The van der Waals surface area contributed by atoms with Crippen LogP contribution in [0.4, 0.5) is 5.69 Å². The Bertz CT molecular complexity index is 497. The maximum Gasteiger partial charge on any atom is 0.144 e. The number of anilines is 1. The summed E-state index contributed by atoms with van der Waals surface area (Å²) in [6.07, 6.45) is 0. The molecule has 1 atom stereocenters. The fourth-order valence-electron chi connectivity index (χ4n) is 1.90. The quantitative estimate of drug-likeness (QED) is 0.809. The molecule has 0 bridgehead atoms. The highest BCUT2D eigenvalue weighted by atomic mass is 16.3. The van der Waals surface area contributed by atoms with Gasteiger partial charge >= 0.3 is 0 Å². The van der Waals surface area contributed by atoms with Crippen LogP contribution in [0.1, 0.15) is 17.2 Å². The summed E-state index contributed by atoms with van der Waals surface area (Å²) in [4.78, 5) is 11.1. The third-order valence-electron chi connectivity index (χ3n) is 2.75. The lowest BCUT2D eigenvalue weighted by atomic mass is 9.98. The Balaban J connectivity index is 2.46. The Morgan fingerprint density at radius 2 is 1.65 bits per heavy atom. The minimum absolute atomic E-state index is 0.458. The highest BCUT2D eigenvalue weighted by Gasteiger charge is 2.16. The molecule has 2 aromatic rings. The van der Waals surface area contributed by atoms with Gasteiger partial charge < -0.3 is 5.32 Å². The van der Waals surface area contributed by atoms with Crippen molar-refractivity contribution in [2.45, 2.75) is 6.04 Å². The Kier molecular flexibility index (Phi) is 3.50. The number of nitrogens with zero attached hydrogens (tertiary/aromatic N) is 1. The van der Waals surface area contributed by atoms with Gasteiger partial charge in [0.25, 0.3) is 0 Å². The van der Waals surface area contributed by atoms with Crippen LogP contribution in [-0.2, 0) is 0 Å². The average Bonchev–Trinajstić information content (AvgIpc) is 2.41. The van der Waals surface area contributed by atoms with Crippen molar-refractivity contribution >= 4 is 5.69 Å². The van der Waals surface area contributed by atoms with Crippen molar-refractivity contribution in [2.24, 2.45) is 5.18 Å². The molecule has 0 aliphatic rings. The molecule has 0 aromatic heterocycles. The highest BCUT2D eigenvalue weighted by Crippen LogP contribution is 2.30. The molecule has 2 rings (SSSR count). The number of benzene rings is 2. The molecular weight excluding hydrogens is 212 g/mol. The molecule has 0 aliphatic carbocycles. The van der Waals surface area contributed by atoms with E-state index in [0.29, 0.717) is 0 Å². The number of hydrogen-bond acceptors (Lipinski definition) is 3. The maximum atomic E-state index is 11.1. The zero-order chi connectivity index (χ0) is 12.1. The molecule has 86 valence electrons. The lowest BCUT2D eigenvalue weighted by molar-refractivity contribution is 0.865. The van der Waals surface area contributed by atoms with Crippen LogP contribution in [0.15, 0.2) is 59.8 Å². The van der Waals surface area contributed by atoms with Gasteiger partial charge in [0.1, 0.15) is 6.04 Å². The predicted octanol–water partition coefficient (Wildman–Crippen LogP) is 3.58. The van der Waals surface area contributed by atoms with E-state index < -0.39 is 6.04 Å². The Morgan fingerprint density at radius 1 is 1.00 bits per heavy atom. The molecule has 2 aromatic carbocycles. The topological polar surface area (TPSA) is 41.5 Å². The Morgan fingerprint density at radius 3 is 2.29 bits per heavy atom. The van der Waals surface area contributed by atoms with Crippen LogP contribution in [0.25, 0.3) is 0 Å². The summed E-state index contributed by atoms with van der Waals surface area (Å²) >= 11 is 0. The molecule has 0 spiro atoms. The number of para-hydroxylation sites is 1. The summed E-state index contributed by atoms with van der Waals surface area (Å²) in [5.74, 6) is 0. The molecule has 0 fully saturated rings. The molecule has 0 aliphatic heterocycles. The van der Waals surface area contributed by atoms with Gasteiger partial charge in [0.2, 0.25) is 0 Å². The molecule has 0 saturated carbocycles. The minimum atomic E-state index is -0.458. The van der Waals surface area contributed by atoms with Crippen LogP contribution in [-0.4, -0.2) is 7.05 Å². The number of rotatable bonds is 4. The van der Waals surface area contributed by atoms with Crippen molar-refractivity contribution in [3.63, 3.8) is 0 Å². The zero-order valence-electron chi connectivity index (χ0n) is 9.63. The van der Waals surface area contributed by atoms with Gasteiger partial charge in [-0.1, -0.05) is 53.7 Å². The second-order valence-corrected chi connectivity index (χ2v) is 3.76. The van der Waals surface area contributed by atoms with Gasteiger partial charge in [-0.2, -0.15) is 0 Å². The van der Waals surface area contributed by atoms with Crippen LogP contribution in [0.2, 0.25) is 0 Å². The van der Waals surface area contributed by atoms with Crippen LogP contribution in [0.5, 0.6) is 0 Å². The first-order valence-electron chi connectivity index (χ1n) is 5.51. The van der Waals surface area contributed by atoms with E-state index in [-0.39, 0.29) is 0 Å². The van der Waals surface area contributed by atoms with E-state index >= 15 is 0 Å². The SMILES string of the molecule is CNc1ccccc1C(N=O)c1ccccc1. The molecule has 3 nitrogen and oxygen atoms in total. The first kappa shape index (κ1) is 11.3. The van der Waals surface area contributed by atoms with Gasteiger partial charge in [0, 0.05) is 18.3 Å². The lowest BCUT2D eigenvalue weighted by Crippen LogP contribution is -2.01. The minimum Gasteiger partial charge on any atom is -0.388 e. The summed E-state index contributed by atoms with van der Waals surface area (Å²) in [6, 6.07) is 16.8. The molecule has 0 heterocycles. The first-order valence-corrected chi connectivity index (χ1v) is 5.51. The summed E-state index contributed by atoms with van der Waals surface area (Å²) in [5, 5.41) is 6.33. The van der Waals surface area contributed by atoms with E-state index in [9.17, 15) is 4.91 Å². The smallest absolute Gasteiger partial charge is 0.144 e. The number of nitroso groups, excluding NO2 is 1. The molecule has 3 heteroatoms. The van der Waals surface area contributed by atoms with Gasteiger partial charge in [-0.15, -0.1) is 4.91 Å². The standard InChI is InChI=1S/C14H14N2O/c1-15-13-10-6-5-9-12(13)14(16-17)11-7-3-2-4-8-11/h2-10,14-15H,1H3. The summed E-state index contributed by atoms with van der Waals surface area (Å²) in [6.45, 7) is 0. The zero-order valence-corrected chi connectivity index (χ0v) is 9.63. The number of nitrogens with one attached hydrogen (secondary N) is 1. The summed E-state index contributed by atoms with van der Waals surface area (Å²) < 4.78 is 0. The second kappa shape index (κ2) is 5.25.